The fraction of sp³-hybridized carbons (Fsp3) is 0.188. The highest BCUT2D eigenvalue weighted by Crippen LogP contribution is 2.32. The Kier molecular flexibility index (Phi) is 4.24. The number of fused-ring (bicyclic) bond motifs is 1. The number of anilines is 1. The molecule has 3 rings (SSSR count). The monoisotopic (exact) mass is 316 g/mol. The summed E-state index contributed by atoms with van der Waals surface area (Å²) in [6.07, 6.45) is -0.609. The van der Waals surface area contributed by atoms with Crippen LogP contribution in [-0.2, 0) is 0 Å². The van der Waals surface area contributed by atoms with Crippen LogP contribution in [-0.4, -0.2) is 34.5 Å². The predicted molar refractivity (Wildman–Crippen MR) is 88.1 cm³/mol. The normalized spacial score (nSPS) is 11.2. The van der Waals surface area contributed by atoms with Gasteiger partial charge in [0, 0.05) is 11.3 Å². The molecule has 1 aromatic heterocycles. The van der Waals surface area contributed by atoms with E-state index in [2.05, 4.69) is 4.98 Å². The van der Waals surface area contributed by atoms with Gasteiger partial charge in [-0.1, -0.05) is 0 Å². The van der Waals surface area contributed by atoms with Crippen molar-refractivity contribution in [3.8, 4) is 16.3 Å². The van der Waals surface area contributed by atoms with Crippen molar-refractivity contribution < 1.29 is 14.9 Å². The zero-order valence-corrected chi connectivity index (χ0v) is 12.6. The van der Waals surface area contributed by atoms with Gasteiger partial charge in [-0.25, -0.2) is 4.98 Å². The van der Waals surface area contributed by atoms with Crippen LogP contribution in [0.25, 0.3) is 20.8 Å². The van der Waals surface area contributed by atoms with Crippen LogP contribution in [0.5, 0.6) is 5.75 Å². The number of benzene rings is 2. The first-order chi connectivity index (χ1) is 10.7. The molecular formula is C16H16N2O3S. The number of nitrogen functional groups attached to an aromatic ring is 1. The minimum Gasteiger partial charge on any atom is -0.486 e. The molecule has 3 aromatic rings. The Hall–Kier alpha value is -2.15. The average Bonchev–Trinajstić information content (AvgIpc) is 2.96. The Morgan fingerprint density at radius 2 is 1.82 bits per heavy atom. The first-order valence-corrected chi connectivity index (χ1v) is 7.66. The molecule has 0 bridgehead atoms. The fourth-order valence-corrected chi connectivity index (χ4v) is 3.05. The van der Waals surface area contributed by atoms with E-state index in [0.717, 1.165) is 26.5 Å². The van der Waals surface area contributed by atoms with Crippen molar-refractivity contribution in [3.05, 3.63) is 42.5 Å². The van der Waals surface area contributed by atoms with Gasteiger partial charge < -0.3 is 20.7 Å². The summed E-state index contributed by atoms with van der Waals surface area (Å²) < 4.78 is 6.50. The molecule has 0 saturated carbocycles. The standard InChI is InChI=1S/C16H16N2O3S/c17-11-3-1-10(2-4-11)16-18-14-6-5-12(7-15(14)22-16)21-13(8-19)9-20/h1-7,13,19-20H,8-9,17H2. The third-order valence-corrected chi connectivity index (χ3v) is 4.29. The molecule has 0 spiro atoms. The van der Waals surface area contributed by atoms with E-state index >= 15 is 0 Å². The molecule has 4 N–H and O–H groups in total. The molecule has 0 fully saturated rings. The third kappa shape index (κ3) is 3.04. The molecule has 1 heterocycles. The lowest BCUT2D eigenvalue weighted by molar-refractivity contribution is 0.0630. The third-order valence-electron chi connectivity index (χ3n) is 3.23. The van der Waals surface area contributed by atoms with Crippen LogP contribution in [0.3, 0.4) is 0 Å². The number of nitrogens with zero attached hydrogens (tertiary/aromatic N) is 1. The molecular weight excluding hydrogens is 300 g/mol. The van der Waals surface area contributed by atoms with Gasteiger partial charge in [-0.2, -0.15) is 0 Å². The summed E-state index contributed by atoms with van der Waals surface area (Å²) in [6, 6.07) is 13.1. The van der Waals surface area contributed by atoms with Gasteiger partial charge in [-0.3, -0.25) is 0 Å². The van der Waals surface area contributed by atoms with Crippen LogP contribution in [0.1, 0.15) is 0 Å². The highest BCUT2D eigenvalue weighted by molar-refractivity contribution is 7.21. The minimum atomic E-state index is -0.609. The number of aliphatic hydroxyl groups excluding tert-OH is 2. The Morgan fingerprint density at radius 3 is 2.50 bits per heavy atom. The van der Waals surface area contributed by atoms with Gasteiger partial charge in [0.2, 0.25) is 0 Å². The molecule has 0 unspecified atom stereocenters. The van der Waals surface area contributed by atoms with Gasteiger partial charge in [0.1, 0.15) is 16.9 Å². The summed E-state index contributed by atoms with van der Waals surface area (Å²) in [4.78, 5) is 4.60. The zero-order valence-electron chi connectivity index (χ0n) is 11.8. The molecule has 114 valence electrons. The van der Waals surface area contributed by atoms with E-state index in [4.69, 9.17) is 20.7 Å². The van der Waals surface area contributed by atoms with Crippen molar-refractivity contribution in [2.24, 2.45) is 0 Å². The summed E-state index contributed by atoms with van der Waals surface area (Å²) in [5, 5.41) is 19.1. The summed E-state index contributed by atoms with van der Waals surface area (Å²) in [5.74, 6) is 0.605. The zero-order chi connectivity index (χ0) is 15.5. The summed E-state index contributed by atoms with van der Waals surface area (Å²) in [5.41, 5.74) is 8.32. The van der Waals surface area contributed by atoms with Crippen molar-refractivity contribution in [3.63, 3.8) is 0 Å². The summed E-state index contributed by atoms with van der Waals surface area (Å²) >= 11 is 1.56. The van der Waals surface area contributed by atoms with Crippen molar-refractivity contribution >= 4 is 27.2 Å². The average molecular weight is 316 g/mol. The topological polar surface area (TPSA) is 88.6 Å². The van der Waals surface area contributed by atoms with Crippen LogP contribution in [0, 0.1) is 0 Å². The van der Waals surface area contributed by atoms with E-state index < -0.39 is 6.10 Å². The van der Waals surface area contributed by atoms with Gasteiger partial charge in [0.25, 0.3) is 0 Å². The van der Waals surface area contributed by atoms with E-state index in [1.807, 2.05) is 36.4 Å². The summed E-state index contributed by atoms with van der Waals surface area (Å²) in [6.45, 7) is -0.457. The smallest absolute Gasteiger partial charge is 0.145 e. The highest BCUT2D eigenvalue weighted by Gasteiger charge is 2.10. The molecule has 0 aliphatic carbocycles. The molecule has 0 aliphatic rings. The SMILES string of the molecule is Nc1ccc(-c2nc3ccc(OC(CO)CO)cc3s2)cc1. The van der Waals surface area contributed by atoms with Crippen LogP contribution in [0.2, 0.25) is 0 Å². The van der Waals surface area contributed by atoms with Crippen LogP contribution >= 0.6 is 11.3 Å². The second-order valence-electron chi connectivity index (χ2n) is 4.88. The highest BCUT2D eigenvalue weighted by atomic mass is 32.1. The second-order valence-corrected chi connectivity index (χ2v) is 5.91. The minimum absolute atomic E-state index is 0.228. The molecule has 2 aromatic carbocycles. The van der Waals surface area contributed by atoms with Gasteiger partial charge in [-0.15, -0.1) is 11.3 Å². The number of ether oxygens (including phenoxy) is 1. The number of nitrogens with two attached hydrogens (primary N) is 1. The quantitative estimate of drug-likeness (QED) is 0.628. The molecule has 0 radical (unpaired) electrons. The van der Waals surface area contributed by atoms with Gasteiger partial charge in [-0.05, 0) is 42.5 Å². The Balaban J connectivity index is 1.91. The Labute approximate surface area is 131 Å². The maximum atomic E-state index is 9.07. The van der Waals surface area contributed by atoms with E-state index in [1.165, 1.54) is 0 Å². The predicted octanol–water partition coefficient (Wildman–Crippen LogP) is 2.28. The lowest BCUT2D eigenvalue weighted by Gasteiger charge is -2.13. The van der Waals surface area contributed by atoms with E-state index in [9.17, 15) is 0 Å². The van der Waals surface area contributed by atoms with Crippen LogP contribution in [0.4, 0.5) is 5.69 Å². The van der Waals surface area contributed by atoms with Gasteiger partial charge in [0.05, 0.1) is 23.4 Å². The van der Waals surface area contributed by atoms with Crippen molar-refractivity contribution in [1.82, 2.24) is 4.98 Å². The maximum Gasteiger partial charge on any atom is 0.145 e. The summed E-state index contributed by atoms with van der Waals surface area (Å²) in [7, 11) is 0. The number of rotatable bonds is 5. The number of aromatic nitrogens is 1. The molecule has 0 aliphatic heterocycles. The van der Waals surface area contributed by atoms with Gasteiger partial charge in [0.15, 0.2) is 0 Å². The van der Waals surface area contributed by atoms with Crippen molar-refractivity contribution in [2.75, 3.05) is 18.9 Å². The first kappa shape index (κ1) is 14.8. The van der Waals surface area contributed by atoms with E-state index in [-0.39, 0.29) is 13.2 Å². The van der Waals surface area contributed by atoms with Gasteiger partial charge >= 0.3 is 0 Å². The van der Waals surface area contributed by atoms with Crippen LogP contribution in [0.15, 0.2) is 42.5 Å². The molecule has 5 nitrogen and oxygen atoms in total. The lowest BCUT2D eigenvalue weighted by Crippen LogP contribution is -2.25. The second kappa shape index (κ2) is 6.31. The number of hydrogen-bond donors (Lipinski definition) is 3. The maximum absolute atomic E-state index is 9.07. The number of aliphatic hydroxyl groups is 2. The molecule has 0 amide bonds. The number of thiazole rings is 1. The van der Waals surface area contributed by atoms with E-state index in [0.29, 0.717) is 5.75 Å². The largest absolute Gasteiger partial charge is 0.486 e. The van der Waals surface area contributed by atoms with Crippen molar-refractivity contribution in [1.29, 1.82) is 0 Å². The Bertz CT molecular complexity index is 767. The lowest BCUT2D eigenvalue weighted by atomic mass is 10.2. The molecule has 6 heteroatoms. The molecule has 0 saturated heterocycles. The Morgan fingerprint density at radius 1 is 1.09 bits per heavy atom. The molecule has 22 heavy (non-hydrogen) atoms. The number of hydrogen-bond acceptors (Lipinski definition) is 6. The fourth-order valence-electron chi connectivity index (χ4n) is 2.05. The van der Waals surface area contributed by atoms with Crippen LogP contribution < -0.4 is 10.5 Å². The van der Waals surface area contributed by atoms with E-state index in [1.54, 1.807) is 17.4 Å². The van der Waals surface area contributed by atoms with Crippen molar-refractivity contribution in [2.45, 2.75) is 6.10 Å². The molecule has 0 atom stereocenters. The first-order valence-electron chi connectivity index (χ1n) is 6.84.